The lowest BCUT2D eigenvalue weighted by Crippen LogP contribution is -2.32. The fourth-order valence-electron chi connectivity index (χ4n) is 2.43. The summed E-state index contributed by atoms with van der Waals surface area (Å²) in [4.78, 5) is 16.3. The zero-order valence-electron chi connectivity index (χ0n) is 16.2. The van der Waals surface area contributed by atoms with Crippen molar-refractivity contribution in [2.45, 2.75) is 26.7 Å². The molecule has 1 heterocycles. The van der Waals surface area contributed by atoms with E-state index in [1.807, 2.05) is 57.2 Å². The molecule has 0 saturated carbocycles. The van der Waals surface area contributed by atoms with E-state index >= 15 is 0 Å². The molecule has 0 spiro atoms. The molecular weight excluding hydrogens is 356 g/mol. The summed E-state index contributed by atoms with van der Waals surface area (Å²) in [5.74, 6) is 2.12. The van der Waals surface area contributed by atoms with E-state index in [1.54, 1.807) is 12.1 Å². The number of ether oxygens (including phenoxy) is 1. The summed E-state index contributed by atoms with van der Waals surface area (Å²) in [6.07, 6.45) is 0. The van der Waals surface area contributed by atoms with Crippen molar-refractivity contribution in [1.82, 2.24) is 15.5 Å². The van der Waals surface area contributed by atoms with Crippen LogP contribution >= 0.6 is 0 Å². The zero-order valence-corrected chi connectivity index (χ0v) is 16.2. The average molecular weight is 380 g/mol. The third-order valence-corrected chi connectivity index (χ3v) is 4.03. The molecule has 7 nitrogen and oxygen atoms in total. The largest absolute Gasteiger partial charge is 0.492 e. The summed E-state index contributed by atoms with van der Waals surface area (Å²) in [6, 6.07) is 14.7. The lowest BCUT2D eigenvalue weighted by atomic mass is 10.2. The van der Waals surface area contributed by atoms with Crippen LogP contribution in [0.1, 0.15) is 31.2 Å². The second kappa shape index (κ2) is 9.03. The maximum Gasteiger partial charge on any atom is 0.319 e. The van der Waals surface area contributed by atoms with Gasteiger partial charge in [0.1, 0.15) is 12.4 Å². The van der Waals surface area contributed by atoms with Crippen molar-refractivity contribution in [3.05, 3.63) is 59.9 Å². The van der Waals surface area contributed by atoms with Gasteiger partial charge in [0.05, 0.1) is 6.54 Å². The fourth-order valence-corrected chi connectivity index (χ4v) is 2.43. The van der Waals surface area contributed by atoms with Crippen molar-refractivity contribution in [1.29, 1.82) is 0 Å². The van der Waals surface area contributed by atoms with Crippen LogP contribution in [0, 0.1) is 6.92 Å². The number of carbonyl (C=O) groups is 1. The minimum absolute atomic E-state index is 0.206. The number of aryl methyl sites for hydroxylation is 1. The smallest absolute Gasteiger partial charge is 0.319 e. The molecule has 2 amide bonds. The van der Waals surface area contributed by atoms with E-state index in [4.69, 9.17) is 9.26 Å². The van der Waals surface area contributed by atoms with Crippen LogP contribution in [-0.2, 0) is 0 Å². The van der Waals surface area contributed by atoms with Gasteiger partial charge >= 0.3 is 6.03 Å². The van der Waals surface area contributed by atoms with Gasteiger partial charge in [-0.3, -0.25) is 0 Å². The van der Waals surface area contributed by atoms with Gasteiger partial charge in [-0.05, 0) is 43.3 Å². The molecule has 0 aliphatic carbocycles. The van der Waals surface area contributed by atoms with Crippen molar-refractivity contribution in [3.63, 3.8) is 0 Å². The number of rotatable bonds is 7. The van der Waals surface area contributed by atoms with Gasteiger partial charge in [0.15, 0.2) is 5.82 Å². The highest BCUT2D eigenvalue weighted by molar-refractivity contribution is 5.89. The lowest BCUT2D eigenvalue weighted by Gasteiger charge is -2.09. The molecule has 0 saturated heterocycles. The van der Waals surface area contributed by atoms with E-state index in [0.717, 1.165) is 11.3 Å². The van der Waals surface area contributed by atoms with Gasteiger partial charge in [-0.25, -0.2) is 4.79 Å². The Bertz CT molecular complexity index is 902. The van der Waals surface area contributed by atoms with Gasteiger partial charge in [0.25, 0.3) is 5.89 Å². The molecule has 0 radical (unpaired) electrons. The van der Waals surface area contributed by atoms with Gasteiger partial charge in [-0.15, -0.1) is 0 Å². The summed E-state index contributed by atoms with van der Waals surface area (Å²) in [7, 11) is 0. The molecule has 7 heteroatoms. The normalized spacial score (nSPS) is 10.7. The predicted molar refractivity (Wildman–Crippen MR) is 108 cm³/mol. The molecule has 28 heavy (non-hydrogen) atoms. The van der Waals surface area contributed by atoms with Crippen LogP contribution in [0.5, 0.6) is 5.75 Å². The lowest BCUT2D eigenvalue weighted by molar-refractivity contribution is 0.247. The minimum Gasteiger partial charge on any atom is -0.492 e. The standard InChI is InChI=1S/C21H24N4O3/c1-14(2)19-24-20(28-25-19)16-6-8-17(9-7-16)23-21(26)22-12-13-27-18-10-4-15(3)5-11-18/h4-11,14H,12-13H2,1-3H3,(H2,22,23,26). The number of aromatic nitrogens is 2. The van der Waals surface area contributed by atoms with Gasteiger partial charge in [-0.1, -0.05) is 36.7 Å². The Kier molecular flexibility index (Phi) is 6.26. The van der Waals surface area contributed by atoms with Crippen LogP contribution in [0.2, 0.25) is 0 Å². The van der Waals surface area contributed by atoms with Crippen molar-refractivity contribution >= 4 is 11.7 Å². The number of amides is 2. The first-order valence-corrected chi connectivity index (χ1v) is 9.19. The van der Waals surface area contributed by atoms with Crippen LogP contribution in [0.15, 0.2) is 53.1 Å². The number of carbonyl (C=O) groups excluding carboxylic acids is 1. The summed E-state index contributed by atoms with van der Waals surface area (Å²) in [6.45, 7) is 6.83. The van der Waals surface area contributed by atoms with Crippen molar-refractivity contribution in [3.8, 4) is 17.2 Å². The quantitative estimate of drug-likeness (QED) is 0.594. The average Bonchev–Trinajstić information content (AvgIpc) is 3.18. The third-order valence-electron chi connectivity index (χ3n) is 4.03. The summed E-state index contributed by atoms with van der Waals surface area (Å²) >= 11 is 0. The molecule has 3 rings (SSSR count). The summed E-state index contributed by atoms with van der Waals surface area (Å²) in [5.41, 5.74) is 2.65. The highest BCUT2D eigenvalue weighted by atomic mass is 16.5. The molecule has 0 unspecified atom stereocenters. The SMILES string of the molecule is Cc1ccc(OCCNC(=O)Nc2ccc(-c3nc(C(C)C)no3)cc2)cc1. The maximum absolute atomic E-state index is 12.0. The molecule has 3 aromatic rings. The van der Waals surface area contributed by atoms with Gasteiger partial charge < -0.3 is 19.9 Å². The number of hydrogen-bond donors (Lipinski definition) is 2. The second-order valence-corrected chi connectivity index (χ2v) is 6.73. The van der Waals surface area contributed by atoms with E-state index in [9.17, 15) is 4.79 Å². The number of urea groups is 1. The number of nitrogens with one attached hydrogen (secondary N) is 2. The Balaban J connectivity index is 1.44. The van der Waals surface area contributed by atoms with Crippen molar-refractivity contribution < 1.29 is 14.1 Å². The first-order chi connectivity index (χ1) is 13.5. The monoisotopic (exact) mass is 380 g/mol. The van der Waals surface area contributed by atoms with Crippen molar-refractivity contribution in [2.24, 2.45) is 0 Å². The van der Waals surface area contributed by atoms with E-state index < -0.39 is 0 Å². The first-order valence-electron chi connectivity index (χ1n) is 9.19. The van der Waals surface area contributed by atoms with E-state index in [0.29, 0.717) is 30.6 Å². The summed E-state index contributed by atoms with van der Waals surface area (Å²) < 4.78 is 10.8. The number of nitrogens with zero attached hydrogens (tertiary/aromatic N) is 2. The number of benzene rings is 2. The van der Waals surface area contributed by atoms with Gasteiger partial charge in [0.2, 0.25) is 0 Å². The molecule has 0 bridgehead atoms. The zero-order chi connectivity index (χ0) is 19.9. The van der Waals surface area contributed by atoms with E-state index in [1.165, 1.54) is 5.56 Å². The fraction of sp³-hybridized carbons (Fsp3) is 0.286. The van der Waals surface area contributed by atoms with Crippen LogP contribution in [0.25, 0.3) is 11.5 Å². The number of hydrogen-bond acceptors (Lipinski definition) is 5. The van der Waals surface area contributed by atoms with Gasteiger partial charge in [-0.2, -0.15) is 4.98 Å². The van der Waals surface area contributed by atoms with E-state index in [2.05, 4.69) is 20.8 Å². The molecule has 0 aliphatic rings. The Morgan fingerprint density at radius 3 is 2.46 bits per heavy atom. The van der Waals surface area contributed by atoms with Crippen LogP contribution < -0.4 is 15.4 Å². The molecule has 1 aromatic heterocycles. The Morgan fingerprint density at radius 1 is 1.11 bits per heavy atom. The van der Waals surface area contributed by atoms with Crippen LogP contribution in [0.3, 0.4) is 0 Å². The Labute approximate surface area is 164 Å². The highest BCUT2D eigenvalue weighted by Gasteiger charge is 2.11. The molecule has 0 fully saturated rings. The molecule has 146 valence electrons. The molecule has 0 atom stereocenters. The minimum atomic E-state index is -0.292. The second-order valence-electron chi connectivity index (χ2n) is 6.73. The highest BCUT2D eigenvalue weighted by Crippen LogP contribution is 2.21. The van der Waals surface area contributed by atoms with Crippen LogP contribution in [0.4, 0.5) is 10.5 Å². The van der Waals surface area contributed by atoms with Gasteiger partial charge in [0, 0.05) is 17.2 Å². The topological polar surface area (TPSA) is 89.3 Å². The molecule has 2 aromatic carbocycles. The maximum atomic E-state index is 12.0. The Morgan fingerprint density at radius 2 is 1.82 bits per heavy atom. The molecular formula is C21H24N4O3. The Hall–Kier alpha value is -3.35. The number of anilines is 1. The predicted octanol–water partition coefficient (Wildman–Crippen LogP) is 4.37. The first kappa shape index (κ1) is 19.4. The molecule has 0 aliphatic heterocycles. The van der Waals surface area contributed by atoms with Crippen LogP contribution in [-0.4, -0.2) is 29.3 Å². The van der Waals surface area contributed by atoms with E-state index in [-0.39, 0.29) is 11.9 Å². The third kappa shape index (κ3) is 5.33. The summed E-state index contributed by atoms with van der Waals surface area (Å²) in [5, 5.41) is 9.49. The molecule has 2 N–H and O–H groups in total. The van der Waals surface area contributed by atoms with Crippen molar-refractivity contribution in [2.75, 3.05) is 18.5 Å².